The van der Waals surface area contributed by atoms with Crippen LogP contribution >= 0.6 is 0 Å². The van der Waals surface area contributed by atoms with Crippen LogP contribution in [0.25, 0.3) is 27.7 Å². The minimum absolute atomic E-state index is 0.0354. The zero-order chi connectivity index (χ0) is 24.2. The molecule has 5 nitrogen and oxygen atoms in total. The molecule has 0 unspecified atom stereocenters. The number of aryl methyl sites for hydroxylation is 1. The molecule has 2 aromatic carbocycles. The lowest BCUT2D eigenvalue weighted by atomic mass is 9.91. The van der Waals surface area contributed by atoms with E-state index in [0.29, 0.717) is 5.39 Å². The molecular weight excluding hydrogens is 453 g/mol. The average Bonchev–Trinajstić information content (AvgIpc) is 3.36. The zero-order valence-corrected chi connectivity index (χ0v) is 18.5. The molecule has 2 aromatic heterocycles. The second-order valence-electron chi connectivity index (χ2n) is 9.55. The fraction of sp³-hybridized carbons (Fsp3) is 0.333. The van der Waals surface area contributed by atoms with Crippen LogP contribution < -0.4 is 5.32 Å². The number of hydrogen-bond donors (Lipinski definition) is 2. The van der Waals surface area contributed by atoms with Crippen LogP contribution in [0, 0.1) is 18.6 Å². The van der Waals surface area contributed by atoms with Crippen molar-refractivity contribution in [3.8, 4) is 16.8 Å². The van der Waals surface area contributed by atoms with Crippen LogP contribution in [0.1, 0.15) is 55.4 Å². The number of anilines is 1. The first-order chi connectivity index (χ1) is 16.0. The summed E-state index contributed by atoms with van der Waals surface area (Å²) in [5.41, 5.74) is -2.20. The Kier molecular flexibility index (Phi) is 4.09. The highest BCUT2D eigenvalue weighted by Crippen LogP contribution is 2.51. The average molecular weight is 473 g/mol. The van der Waals surface area contributed by atoms with Gasteiger partial charge in [0.05, 0.1) is 28.0 Å². The third kappa shape index (κ3) is 2.90. The molecule has 0 bridgehead atoms. The molecule has 6 rings (SSSR count). The molecule has 34 heavy (non-hydrogen) atoms. The molecule has 1 saturated carbocycles. The number of rotatable bonds is 2. The van der Waals surface area contributed by atoms with Crippen molar-refractivity contribution in [2.75, 3.05) is 5.32 Å². The molecule has 1 fully saturated rings. The lowest BCUT2D eigenvalue weighted by Gasteiger charge is -2.36. The van der Waals surface area contributed by atoms with Crippen molar-refractivity contribution >= 4 is 16.6 Å². The van der Waals surface area contributed by atoms with Gasteiger partial charge in [-0.1, -0.05) is 0 Å². The Morgan fingerprint density at radius 3 is 2.50 bits per heavy atom. The van der Waals surface area contributed by atoms with E-state index in [2.05, 4.69) is 20.5 Å². The van der Waals surface area contributed by atoms with Gasteiger partial charge in [0, 0.05) is 22.7 Å². The Hall–Kier alpha value is -3.43. The zero-order valence-electron chi connectivity index (χ0n) is 18.5. The fourth-order valence-electron chi connectivity index (χ4n) is 5.08. The van der Waals surface area contributed by atoms with Gasteiger partial charge in [0.15, 0.2) is 5.82 Å². The third-order valence-corrected chi connectivity index (χ3v) is 6.66. The molecule has 2 N–H and O–H groups in total. The molecule has 0 radical (unpaired) electrons. The van der Waals surface area contributed by atoms with E-state index in [9.17, 15) is 17.6 Å². The van der Waals surface area contributed by atoms with Crippen LogP contribution in [0.15, 0.2) is 24.4 Å². The Morgan fingerprint density at radius 2 is 1.82 bits per heavy atom. The number of hydrogen-bond acceptors (Lipinski definition) is 3. The van der Waals surface area contributed by atoms with Crippen molar-refractivity contribution in [1.82, 2.24) is 19.7 Å². The predicted molar refractivity (Wildman–Crippen MR) is 117 cm³/mol. The van der Waals surface area contributed by atoms with Gasteiger partial charge in [0.1, 0.15) is 17.5 Å². The maximum absolute atomic E-state index is 15.6. The van der Waals surface area contributed by atoms with Crippen molar-refractivity contribution in [3.05, 3.63) is 58.8 Å². The van der Waals surface area contributed by atoms with E-state index in [-0.39, 0.29) is 40.0 Å². The summed E-state index contributed by atoms with van der Waals surface area (Å²) in [7, 11) is 0. The SMILES string of the molecule is Cc1nnc2n1-c1c(cc(F)c(-c3cc(F)cc4c(C5CC5)c[nH]c34)c1C(F)(F)F)NC2(C)C. The second-order valence-corrected chi connectivity index (χ2v) is 9.55. The van der Waals surface area contributed by atoms with Gasteiger partial charge in [-0.2, -0.15) is 13.2 Å². The van der Waals surface area contributed by atoms with E-state index in [0.717, 1.165) is 30.5 Å². The van der Waals surface area contributed by atoms with E-state index < -0.39 is 34.5 Å². The van der Waals surface area contributed by atoms with E-state index in [1.807, 2.05) is 0 Å². The Bertz CT molecular complexity index is 1490. The van der Waals surface area contributed by atoms with Gasteiger partial charge >= 0.3 is 6.18 Å². The van der Waals surface area contributed by atoms with Crippen molar-refractivity contribution in [2.45, 2.75) is 51.2 Å². The first-order valence-electron chi connectivity index (χ1n) is 10.9. The summed E-state index contributed by atoms with van der Waals surface area (Å²) in [6.07, 6.45) is -1.42. The number of nitrogens with one attached hydrogen (secondary N) is 2. The van der Waals surface area contributed by atoms with E-state index in [1.54, 1.807) is 20.0 Å². The van der Waals surface area contributed by atoms with Crippen LogP contribution in [-0.2, 0) is 11.7 Å². The number of H-pyrrole nitrogens is 1. The molecule has 1 aliphatic heterocycles. The van der Waals surface area contributed by atoms with Crippen molar-refractivity contribution in [1.29, 1.82) is 0 Å². The van der Waals surface area contributed by atoms with Gasteiger partial charge in [0.2, 0.25) is 0 Å². The molecule has 0 amide bonds. The summed E-state index contributed by atoms with van der Waals surface area (Å²) >= 11 is 0. The van der Waals surface area contributed by atoms with E-state index in [4.69, 9.17) is 0 Å². The fourth-order valence-corrected chi connectivity index (χ4v) is 5.08. The number of fused-ring (bicyclic) bond motifs is 4. The summed E-state index contributed by atoms with van der Waals surface area (Å²) in [6.45, 7) is 4.99. The maximum atomic E-state index is 15.6. The Balaban J connectivity index is 1.74. The van der Waals surface area contributed by atoms with Gasteiger partial charge < -0.3 is 10.3 Å². The molecule has 2 aliphatic rings. The Labute approximate surface area is 191 Å². The molecule has 176 valence electrons. The number of aromatic amines is 1. The van der Waals surface area contributed by atoms with Gasteiger partial charge in [-0.3, -0.25) is 4.57 Å². The lowest BCUT2D eigenvalue weighted by Crippen LogP contribution is -2.37. The highest BCUT2D eigenvalue weighted by molar-refractivity contribution is 5.99. The van der Waals surface area contributed by atoms with Crippen molar-refractivity contribution in [2.24, 2.45) is 0 Å². The Morgan fingerprint density at radius 1 is 1.09 bits per heavy atom. The summed E-state index contributed by atoms with van der Waals surface area (Å²) < 4.78 is 75.8. The normalized spacial score (nSPS) is 16.9. The molecule has 10 heteroatoms. The summed E-state index contributed by atoms with van der Waals surface area (Å²) in [5.74, 6) is -1.10. The molecule has 4 aromatic rings. The minimum Gasteiger partial charge on any atom is -0.371 e. The third-order valence-electron chi connectivity index (χ3n) is 6.66. The standard InChI is InChI=1S/C24H20F5N5/c1-10-32-33-22-23(2,3)31-17-8-16(26)18(19(24(27,28)29)21(17)34(10)22)14-7-12(25)6-13-15(11-4-5-11)9-30-20(13)14/h6-9,11,30-31H,4-5H2,1-3H3. The van der Waals surface area contributed by atoms with Gasteiger partial charge in [-0.05, 0) is 63.3 Å². The monoisotopic (exact) mass is 473 g/mol. The van der Waals surface area contributed by atoms with Crippen LogP contribution in [-0.4, -0.2) is 19.7 Å². The topological polar surface area (TPSA) is 58.5 Å². The van der Waals surface area contributed by atoms with Crippen LogP contribution in [0.4, 0.5) is 27.6 Å². The summed E-state index contributed by atoms with van der Waals surface area (Å²) in [4.78, 5) is 2.98. The molecule has 1 aliphatic carbocycles. The van der Waals surface area contributed by atoms with E-state index >= 15 is 4.39 Å². The molecule has 0 spiro atoms. The lowest BCUT2D eigenvalue weighted by molar-refractivity contribution is -0.137. The number of halogens is 5. The number of alkyl halides is 3. The highest BCUT2D eigenvalue weighted by atomic mass is 19.4. The molecule has 3 heterocycles. The smallest absolute Gasteiger partial charge is 0.371 e. The first-order valence-corrected chi connectivity index (χ1v) is 10.9. The molecule has 0 atom stereocenters. The van der Waals surface area contributed by atoms with E-state index in [1.165, 1.54) is 17.6 Å². The van der Waals surface area contributed by atoms with Crippen LogP contribution in [0.2, 0.25) is 0 Å². The van der Waals surface area contributed by atoms with Gasteiger partial charge in [0.25, 0.3) is 0 Å². The summed E-state index contributed by atoms with van der Waals surface area (Å²) in [6, 6.07) is 3.28. The second kappa shape index (κ2) is 6.58. The minimum atomic E-state index is -4.96. The molecule has 0 saturated heterocycles. The van der Waals surface area contributed by atoms with Crippen LogP contribution in [0.3, 0.4) is 0 Å². The quantitative estimate of drug-likeness (QED) is 0.324. The van der Waals surface area contributed by atoms with Crippen molar-refractivity contribution in [3.63, 3.8) is 0 Å². The van der Waals surface area contributed by atoms with Gasteiger partial charge in [-0.25, -0.2) is 8.78 Å². The number of aromatic nitrogens is 4. The van der Waals surface area contributed by atoms with Crippen LogP contribution in [0.5, 0.6) is 0 Å². The number of benzene rings is 2. The van der Waals surface area contributed by atoms with Crippen molar-refractivity contribution < 1.29 is 22.0 Å². The molecular formula is C24H20F5N5. The maximum Gasteiger partial charge on any atom is 0.419 e. The first kappa shape index (κ1) is 21.1. The number of nitrogens with zero attached hydrogens (tertiary/aromatic N) is 3. The predicted octanol–water partition coefficient (Wildman–Crippen LogP) is 6.56. The largest absolute Gasteiger partial charge is 0.419 e. The van der Waals surface area contributed by atoms with Gasteiger partial charge in [-0.15, -0.1) is 10.2 Å². The highest BCUT2D eigenvalue weighted by Gasteiger charge is 2.45. The summed E-state index contributed by atoms with van der Waals surface area (Å²) in [5, 5.41) is 11.5.